The number of hydrogen-bond acceptors (Lipinski definition) is 2. The Morgan fingerprint density at radius 1 is 0.231 bits per heavy atom. The van der Waals surface area contributed by atoms with E-state index in [0.29, 0.717) is 0 Å². The number of rotatable bonds is 10. The normalized spacial score (nSPS) is 13.3. The standard InChI is InChI=1S/C76H64N2/c1-49-9-31-61(32-10-49)77(62-33-11-50(2)12-34-62)65-39-23-57(24-40-65)55-19-27-59(28-20-55)76(73-46-54(6)18-44-68(73)70-47-72-69(48-74(70)76)67-43-17-53(5)45-71(67)75(72,7)8)60-29-21-56(22-30-60)58-25-41-66(42-26-58)78(63-35-13-51(3)14-36-63)64-37-15-52(4)16-38-64/h9-48H,1-8H3. The molecule has 0 heterocycles. The number of fused-ring (bicyclic) bond motifs is 6. The van der Waals surface area contributed by atoms with Crippen molar-refractivity contribution in [3.63, 3.8) is 0 Å². The first-order valence-electron chi connectivity index (χ1n) is 27.5. The first kappa shape index (κ1) is 48.6. The van der Waals surface area contributed by atoms with Crippen LogP contribution in [0.5, 0.6) is 0 Å². The lowest BCUT2D eigenvalue weighted by atomic mass is 9.66. The Kier molecular flexibility index (Phi) is 11.8. The second kappa shape index (κ2) is 18.9. The summed E-state index contributed by atoms with van der Waals surface area (Å²) in [6.45, 7) is 17.8. The molecule has 78 heavy (non-hydrogen) atoms. The molecule has 0 aliphatic heterocycles. The molecule has 0 saturated carbocycles. The molecule has 0 amide bonds. The van der Waals surface area contributed by atoms with Crippen LogP contribution in [-0.4, -0.2) is 0 Å². The van der Waals surface area contributed by atoms with E-state index in [1.54, 1.807) is 0 Å². The molecular formula is C76H64N2. The zero-order valence-electron chi connectivity index (χ0n) is 46.0. The van der Waals surface area contributed by atoms with Crippen molar-refractivity contribution in [2.45, 2.75) is 66.2 Å². The third-order valence-electron chi connectivity index (χ3n) is 17.0. The monoisotopic (exact) mass is 1000 g/mol. The third kappa shape index (κ3) is 8.18. The van der Waals surface area contributed by atoms with Gasteiger partial charge in [0.1, 0.15) is 0 Å². The second-order valence-electron chi connectivity index (χ2n) is 22.7. The average molecular weight is 1010 g/mol. The largest absolute Gasteiger partial charge is 0.311 e. The lowest BCUT2D eigenvalue weighted by Gasteiger charge is -2.35. The van der Waals surface area contributed by atoms with E-state index in [-0.39, 0.29) is 5.41 Å². The van der Waals surface area contributed by atoms with Crippen molar-refractivity contribution in [3.8, 4) is 44.5 Å². The van der Waals surface area contributed by atoms with Crippen molar-refractivity contribution in [1.29, 1.82) is 0 Å². The van der Waals surface area contributed by atoms with Gasteiger partial charge in [0, 0.05) is 39.5 Å². The minimum absolute atomic E-state index is 0.134. The van der Waals surface area contributed by atoms with Gasteiger partial charge in [-0.25, -0.2) is 0 Å². The highest BCUT2D eigenvalue weighted by Gasteiger charge is 2.48. The van der Waals surface area contributed by atoms with Crippen molar-refractivity contribution >= 4 is 34.1 Å². The van der Waals surface area contributed by atoms with Crippen LogP contribution in [0.25, 0.3) is 44.5 Å². The molecule has 11 aromatic rings. The zero-order chi connectivity index (χ0) is 53.5. The molecule has 13 rings (SSSR count). The lowest BCUT2D eigenvalue weighted by molar-refractivity contribution is 0.659. The number of anilines is 6. The van der Waals surface area contributed by atoms with Gasteiger partial charge in [0.15, 0.2) is 0 Å². The van der Waals surface area contributed by atoms with Crippen LogP contribution < -0.4 is 9.80 Å². The first-order chi connectivity index (χ1) is 37.8. The summed E-state index contributed by atoms with van der Waals surface area (Å²) in [7, 11) is 0. The minimum Gasteiger partial charge on any atom is -0.311 e. The second-order valence-corrected chi connectivity index (χ2v) is 22.7. The summed E-state index contributed by atoms with van der Waals surface area (Å²) in [5, 5.41) is 0. The molecule has 0 atom stereocenters. The molecule has 0 bridgehead atoms. The highest BCUT2D eigenvalue weighted by atomic mass is 15.1. The van der Waals surface area contributed by atoms with Gasteiger partial charge >= 0.3 is 0 Å². The molecule has 378 valence electrons. The maximum atomic E-state index is 2.57. The van der Waals surface area contributed by atoms with E-state index in [2.05, 4.69) is 308 Å². The van der Waals surface area contributed by atoms with Gasteiger partial charge in [-0.15, -0.1) is 0 Å². The lowest BCUT2D eigenvalue weighted by Crippen LogP contribution is -2.29. The Morgan fingerprint density at radius 2 is 0.474 bits per heavy atom. The van der Waals surface area contributed by atoms with E-state index >= 15 is 0 Å². The van der Waals surface area contributed by atoms with Crippen LogP contribution in [-0.2, 0) is 10.8 Å². The molecule has 0 N–H and O–H groups in total. The Labute approximate surface area is 461 Å². The van der Waals surface area contributed by atoms with Gasteiger partial charge in [0.2, 0.25) is 0 Å². The van der Waals surface area contributed by atoms with Crippen LogP contribution in [0.2, 0.25) is 0 Å². The quantitative estimate of drug-likeness (QED) is 0.135. The molecule has 0 radical (unpaired) electrons. The molecule has 0 aromatic heterocycles. The average Bonchev–Trinajstić information content (AvgIpc) is 4.11. The van der Waals surface area contributed by atoms with Gasteiger partial charge in [-0.2, -0.15) is 0 Å². The number of benzene rings is 11. The summed E-state index contributed by atoms with van der Waals surface area (Å²) >= 11 is 0. The molecule has 2 heteroatoms. The SMILES string of the molecule is Cc1ccc(N(c2ccc(C)cc2)c2ccc(-c3ccc(C4(c5ccc(-c6ccc(N(c7ccc(C)cc7)c7ccc(C)cc7)cc6)cc5)c5cc(C)ccc5-c5cc6c(cc54)-c4ccc(C)cc4C6(C)C)cc3)cc2)cc1. The fraction of sp³-hybridized carbons (Fsp3) is 0.132. The smallest absolute Gasteiger partial charge is 0.0713 e. The van der Waals surface area contributed by atoms with Crippen LogP contribution in [0.4, 0.5) is 34.1 Å². The Bertz CT molecular complexity index is 3760. The van der Waals surface area contributed by atoms with Crippen LogP contribution in [0.15, 0.2) is 243 Å². The molecule has 2 aliphatic rings. The Balaban J connectivity index is 0.926. The first-order valence-corrected chi connectivity index (χ1v) is 27.5. The van der Waals surface area contributed by atoms with Gasteiger partial charge in [0.25, 0.3) is 0 Å². The van der Waals surface area contributed by atoms with Gasteiger partial charge in [-0.3, -0.25) is 0 Å². The fourth-order valence-corrected chi connectivity index (χ4v) is 12.7. The van der Waals surface area contributed by atoms with E-state index in [9.17, 15) is 0 Å². The maximum Gasteiger partial charge on any atom is 0.0713 e. The summed E-state index contributed by atoms with van der Waals surface area (Å²) in [5.41, 5.74) is 31.6. The number of aryl methyl sites for hydroxylation is 6. The highest BCUT2D eigenvalue weighted by molar-refractivity contribution is 5.93. The summed E-state index contributed by atoms with van der Waals surface area (Å²) in [6, 6.07) is 91.7. The molecule has 0 fully saturated rings. The predicted octanol–water partition coefficient (Wildman–Crippen LogP) is 20.5. The molecule has 0 unspecified atom stereocenters. The fourth-order valence-electron chi connectivity index (χ4n) is 12.7. The van der Waals surface area contributed by atoms with E-state index in [1.807, 2.05) is 0 Å². The molecular weight excluding hydrogens is 941 g/mol. The number of nitrogens with zero attached hydrogens (tertiary/aromatic N) is 2. The molecule has 2 nitrogen and oxygen atoms in total. The summed E-state index contributed by atoms with van der Waals surface area (Å²) in [6.07, 6.45) is 0. The van der Waals surface area contributed by atoms with Crippen molar-refractivity contribution in [1.82, 2.24) is 0 Å². The zero-order valence-corrected chi connectivity index (χ0v) is 46.0. The third-order valence-corrected chi connectivity index (χ3v) is 17.0. The van der Waals surface area contributed by atoms with Crippen LogP contribution in [0, 0.1) is 41.5 Å². The van der Waals surface area contributed by atoms with Gasteiger partial charge in [0.05, 0.1) is 5.41 Å². The maximum absolute atomic E-state index is 2.57. The summed E-state index contributed by atoms with van der Waals surface area (Å²) in [5.74, 6) is 0. The van der Waals surface area contributed by atoms with Crippen LogP contribution in [0.1, 0.15) is 80.6 Å². The summed E-state index contributed by atoms with van der Waals surface area (Å²) < 4.78 is 0. The van der Waals surface area contributed by atoms with E-state index in [0.717, 1.165) is 34.1 Å². The van der Waals surface area contributed by atoms with Gasteiger partial charge < -0.3 is 9.80 Å². The van der Waals surface area contributed by atoms with Crippen molar-refractivity contribution < 1.29 is 0 Å². The summed E-state index contributed by atoms with van der Waals surface area (Å²) in [4.78, 5) is 4.69. The highest BCUT2D eigenvalue weighted by Crippen LogP contribution is 2.60. The molecule has 0 saturated heterocycles. The molecule has 11 aromatic carbocycles. The van der Waals surface area contributed by atoms with Crippen molar-refractivity contribution in [2.24, 2.45) is 0 Å². The van der Waals surface area contributed by atoms with Gasteiger partial charge in [-0.1, -0.05) is 205 Å². The Morgan fingerprint density at radius 3 is 0.833 bits per heavy atom. The Hall–Kier alpha value is -8.98. The minimum atomic E-state index is -0.598. The van der Waals surface area contributed by atoms with E-state index in [1.165, 1.54) is 111 Å². The number of hydrogen-bond donors (Lipinski definition) is 0. The van der Waals surface area contributed by atoms with E-state index in [4.69, 9.17) is 0 Å². The molecule has 0 spiro atoms. The van der Waals surface area contributed by atoms with Crippen molar-refractivity contribution in [2.75, 3.05) is 9.80 Å². The molecule has 2 aliphatic carbocycles. The van der Waals surface area contributed by atoms with Crippen LogP contribution >= 0.6 is 0 Å². The van der Waals surface area contributed by atoms with Crippen molar-refractivity contribution in [3.05, 3.63) is 309 Å². The van der Waals surface area contributed by atoms with E-state index < -0.39 is 5.41 Å². The predicted molar refractivity (Wildman–Crippen MR) is 330 cm³/mol. The topological polar surface area (TPSA) is 6.48 Å². The van der Waals surface area contributed by atoms with Gasteiger partial charge in [-0.05, 0) is 204 Å². The van der Waals surface area contributed by atoms with Crippen LogP contribution in [0.3, 0.4) is 0 Å².